The summed E-state index contributed by atoms with van der Waals surface area (Å²) >= 11 is 0. The Morgan fingerprint density at radius 2 is 2.05 bits per heavy atom. The molecule has 5 heteroatoms. The lowest BCUT2D eigenvalue weighted by molar-refractivity contribution is 0.255. The van der Waals surface area contributed by atoms with E-state index < -0.39 is 5.82 Å². The van der Waals surface area contributed by atoms with Crippen LogP contribution in [0.5, 0.6) is 5.75 Å². The number of nitrogens with zero attached hydrogens (tertiary/aromatic N) is 1. The van der Waals surface area contributed by atoms with Crippen molar-refractivity contribution in [3.05, 3.63) is 54.2 Å². The van der Waals surface area contributed by atoms with E-state index in [0.717, 1.165) is 0 Å². The smallest absolute Gasteiger partial charge is 0.233 e. The highest BCUT2D eigenvalue weighted by Gasteiger charge is 2.08. The first-order valence-electron chi connectivity index (χ1n) is 5.74. The van der Waals surface area contributed by atoms with Gasteiger partial charge >= 0.3 is 0 Å². The maximum absolute atomic E-state index is 13.4. The van der Waals surface area contributed by atoms with E-state index >= 15 is 0 Å². The summed E-state index contributed by atoms with van der Waals surface area (Å²) in [5.41, 5.74) is 7.55. The largest absolute Gasteiger partial charge is 0.481 e. The van der Waals surface area contributed by atoms with Crippen LogP contribution in [0, 0.1) is 5.82 Å². The Morgan fingerprint density at radius 1 is 1.21 bits per heavy atom. The van der Waals surface area contributed by atoms with Crippen LogP contribution in [0.1, 0.15) is 5.89 Å². The van der Waals surface area contributed by atoms with Gasteiger partial charge in [0.1, 0.15) is 5.52 Å². The van der Waals surface area contributed by atoms with Gasteiger partial charge in [-0.1, -0.05) is 12.1 Å². The molecule has 0 unspecified atom stereocenters. The molecule has 0 amide bonds. The van der Waals surface area contributed by atoms with Crippen LogP contribution >= 0.6 is 0 Å². The van der Waals surface area contributed by atoms with Crippen molar-refractivity contribution in [2.24, 2.45) is 0 Å². The normalized spacial score (nSPS) is 10.8. The fourth-order valence-electron chi connectivity index (χ4n) is 1.76. The minimum Gasteiger partial charge on any atom is -0.481 e. The summed E-state index contributed by atoms with van der Waals surface area (Å²) in [5.74, 6) is 0.135. The molecule has 2 N–H and O–H groups in total. The van der Waals surface area contributed by atoms with Gasteiger partial charge in [0.25, 0.3) is 0 Å². The molecule has 0 aliphatic heterocycles. The minimum absolute atomic E-state index is 0.0650. The summed E-state index contributed by atoms with van der Waals surface area (Å²) in [5, 5.41) is 0. The van der Waals surface area contributed by atoms with E-state index in [4.69, 9.17) is 14.9 Å². The molecule has 0 fully saturated rings. The fourth-order valence-corrected chi connectivity index (χ4v) is 1.76. The zero-order chi connectivity index (χ0) is 13.2. The van der Waals surface area contributed by atoms with Gasteiger partial charge in [0.2, 0.25) is 5.89 Å². The highest BCUT2D eigenvalue weighted by atomic mass is 19.1. The number of aromatic nitrogens is 1. The summed E-state index contributed by atoms with van der Waals surface area (Å²) in [6, 6.07) is 11.4. The van der Waals surface area contributed by atoms with Crippen molar-refractivity contribution < 1.29 is 13.5 Å². The molecule has 0 radical (unpaired) electrons. The number of benzene rings is 2. The van der Waals surface area contributed by atoms with Gasteiger partial charge in [-0.15, -0.1) is 0 Å². The average molecular weight is 258 g/mol. The van der Waals surface area contributed by atoms with E-state index in [1.807, 2.05) is 0 Å². The van der Waals surface area contributed by atoms with Gasteiger partial charge in [-0.3, -0.25) is 0 Å². The number of halogens is 1. The van der Waals surface area contributed by atoms with Gasteiger partial charge in [-0.25, -0.2) is 9.37 Å². The molecule has 0 aliphatic rings. The second-order valence-corrected chi connectivity index (χ2v) is 4.05. The quantitative estimate of drug-likeness (QED) is 0.733. The van der Waals surface area contributed by atoms with Crippen molar-refractivity contribution in [2.45, 2.75) is 6.61 Å². The Labute approximate surface area is 108 Å². The number of anilines is 1. The Hall–Kier alpha value is -2.56. The Balaban J connectivity index is 1.80. The molecule has 19 heavy (non-hydrogen) atoms. The first-order valence-corrected chi connectivity index (χ1v) is 5.74. The summed E-state index contributed by atoms with van der Waals surface area (Å²) in [6.07, 6.45) is 0. The van der Waals surface area contributed by atoms with Gasteiger partial charge in [-0.2, -0.15) is 0 Å². The summed E-state index contributed by atoms with van der Waals surface area (Å²) in [7, 11) is 0. The molecule has 0 saturated carbocycles. The molecule has 1 heterocycles. The fraction of sp³-hybridized carbons (Fsp3) is 0.0714. The second kappa shape index (κ2) is 4.61. The van der Waals surface area contributed by atoms with E-state index in [2.05, 4.69) is 4.98 Å². The van der Waals surface area contributed by atoms with Crippen molar-refractivity contribution in [2.75, 3.05) is 5.73 Å². The molecule has 2 aromatic carbocycles. The monoisotopic (exact) mass is 258 g/mol. The lowest BCUT2D eigenvalue weighted by Crippen LogP contribution is -1.97. The standard InChI is InChI=1S/C14H11FN2O2/c15-10-3-1-2-4-12(10)18-8-14-17-11-7-9(16)5-6-13(11)19-14/h1-7H,8,16H2. The number of hydrogen-bond acceptors (Lipinski definition) is 4. The number of para-hydroxylation sites is 1. The number of nitrogen functional groups attached to an aromatic ring is 1. The molecular weight excluding hydrogens is 247 g/mol. The van der Waals surface area contributed by atoms with Crippen LogP contribution < -0.4 is 10.5 Å². The molecule has 0 atom stereocenters. The third-order valence-electron chi connectivity index (χ3n) is 2.64. The number of nitrogens with two attached hydrogens (primary N) is 1. The number of ether oxygens (including phenoxy) is 1. The van der Waals surface area contributed by atoms with E-state index in [1.54, 1.807) is 36.4 Å². The van der Waals surface area contributed by atoms with Crippen molar-refractivity contribution in [1.29, 1.82) is 0 Å². The van der Waals surface area contributed by atoms with Crippen LogP contribution in [0.3, 0.4) is 0 Å². The third kappa shape index (κ3) is 2.35. The number of oxazole rings is 1. The predicted molar refractivity (Wildman–Crippen MR) is 69.2 cm³/mol. The minimum atomic E-state index is -0.414. The molecule has 3 aromatic rings. The molecule has 0 spiro atoms. The van der Waals surface area contributed by atoms with Crippen LogP contribution in [0.25, 0.3) is 11.1 Å². The lowest BCUT2D eigenvalue weighted by Gasteiger charge is -2.03. The first-order chi connectivity index (χ1) is 9.22. The summed E-state index contributed by atoms with van der Waals surface area (Å²) in [4.78, 5) is 4.22. The van der Waals surface area contributed by atoms with Crippen LogP contribution in [-0.4, -0.2) is 4.98 Å². The number of hydrogen-bond donors (Lipinski definition) is 1. The first kappa shape index (κ1) is 11.5. The maximum Gasteiger partial charge on any atom is 0.233 e. The maximum atomic E-state index is 13.4. The Kier molecular flexibility index (Phi) is 2.79. The zero-order valence-electron chi connectivity index (χ0n) is 9.97. The Bertz CT molecular complexity index is 724. The molecule has 4 nitrogen and oxygen atoms in total. The summed E-state index contributed by atoms with van der Waals surface area (Å²) < 4.78 is 24.1. The molecule has 0 aliphatic carbocycles. The van der Waals surface area contributed by atoms with Gasteiger partial charge in [0.05, 0.1) is 0 Å². The van der Waals surface area contributed by atoms with E-state index in [-0.39, 0.29) is 12.4 Å². The van der Waals surface area contributed by atoms with Gasteiger partial charge in [-0.05, 0) is 30.3 Å². The van der Waals surface area contributed by atoms with E-state index in [0.29, 0.717) is 22.7 Å². The highest BCUT2D eigenvalue weighted by molar-refractivity contribution is 5.76. The van der Waals surface area contributed by atoms with Gasteiger partial charge < -0.3 is 14.9 Å². The molecular formula is C14H11FN2O2. The zero-order valence-corrected chi connectivity index (χ0v) is 9.97. The molecule has 0 bridgehead atoms. The van der Waals surface area contributed by atoms with Crippen LogP contribution in [0.2, 0.25) is 0 Å². The highest BCUT2D eigenvalue weighted by Crippen LogP contribution is 2.21. The number of fused-ring (bicyclic) bond motifs is 1. The average Bonchev–Trinajstić information content (AvgIpc) is 2.79. The molecule has 3 rings (SSSR count). The molecule has 0 saturated heterocycles. The van der Waals surface area contributed by atoms with Gasteiger partial charge in [0, 0.05) is 5.69 Å². The molecule has 96 valence electrons. The predicted octanol–water partition coefficient (Wildman–Crippen LogP) is 3.13. The van der Waals surface area contributed by atoms with Crippen molar-refractivity contribution in [3.8, 4) is 5.75 Å². The van der Waals surface area contributed by atoms with Crippen molar-refractivity contribution >= 4 is 16.8 Å². The van der Waals surface area contributed by atoms with Crippen LogP contribution in [0.15, 0.2) is 46.9 Å². The third-order valence-corrected chi connectivity index (χ3v) is 2.64. The topological polar surface area (TPSA) is 61.3 Å². The summed E-state index contributed by atoms with van der Waals surface area (Å²) in [6.45, 7) is 0.0650. The number of rotatable bonds is 3. The van der Waals surface area contributed by atoms with Crippen LogP contribution in [0.4, 0.5) is 10.1 Å². The molecule has 1 aromatic heterocycles. The Morgan fingerprint density at radius 3 is 2.89 bits per heavy atom. The van der Waals surface area contributed by atoms with E-state index in [9.17, 15) is 4.39 Å². The lowest BCUT2D eigenvalue weighted by atomic mass is 10.3. The van der Waals surface area contributed by atoms with Crippen molar-refractivity contribution in [1.82, 2.24) is 4.98 Å². The van der Waals surface area contributed by atoms with Crippen molar-refractivity contribution in [3.63, 3.8) is 0 Å². The van der Waals surface area contributed by atoms with Gasteiger partial charge in [0.15, 0.2) is 23.8 Å². The second-order valence-electron chi connectivity index (χ2n) is 4.05. The SMILES string of the molecule is Nc1ccc2oc(COc3ccccc3F)nc2c1. The van der Waals surface area contributed by atoms with E-state index in [1.165, 1.54) is 6.07 Å². The van der Waals surface area contributed by atoms with Crippen LogP contribution in [-0.2, 0) is 6.61 Å².